The van der Waals surface area contributed by atoms with Crippen LogP contribution in [0, 0.1) is 0 Å². The second kappa shape index (κ2) is 2.34. The molecule has 0 aromatic carbocycles. The van der Waals surface area contributed by atoms with Gasteiger partial charge in [-0.2, -0.15) is 0 Å². The molecule has 1 heterocycles. The second-order valence-electron chi connectivity index (χ2n) is 0.942. The van der Waals surface area contributed by atoms with Gasteiger partial charge in [0.15, 0.2) is 0 Å². The number of halogens is 1. The van der Waals surface area contributed by atoms with Crippen molar-refractivity contribution in [3.8, 4) is 0 Å². The molecule has 6 heavy (non-hydrogen) atoms. The third-order valence-corrected chi connectivity index (χ3v) is 9.23. The van der Waals surface area contributed by atoms with E-state index < -0.39 is 12.3 Å². The molecule has 0 N–H and O–H groups in total. The molecule has 1 aliphatic heterocycles. The molecule has 1 unspecified atom stereocenters. The molecule has 0 aliphatic carbocycles. The fourth-order valence-electron chi connectivity index (χ4n) is 0.248. The molecule has 0 saturated carbocycles. The van der Waals surface area contributed by atoms with E-state index in [4.69, 9.17) is 0 Å². The Kier molecular flexibility index (Phi) is 2.01. The van der Waals surface area contributed by atoms with Crippen molar-refractivity contribution in [2.24, 2.45) is 0 Å². The van der Waals surface area contributed by atoms with Gasteiger partial charge in [0.25, 0.3) is 0 Å². The van der Waals surface area contributed by atoms with Crippen molar-refractivity contribution in [3.05, 3.63) is 10.3 Å². The molecule has 3 heteroatoms. The summed E-state index contributed by atoms with van der Waals surface area (Å²) in [7, 11) is 0. The molecule has 1 aliphatic rings. The van der Waals surface area contributed by atoms with E-state index in [0.29, 0.717) is 0 Å². The molecule has 0 radical (unpaired) electrons. The maximum absolute atomic E-state index is 3.54. The first-order valence-electron chi connectivity index (χ1n) is 1.57. The van der Waals surface area contributed by atoms with Crippen LogP contribution in [0.3, 0.4) is 0 Å². The molecule has 0 amide bonds. The number of hydrogen-bond donors (Lipinski definition) is 0. The molecule has 0 spiro atoms. The van der Waals surface area contributed by atoms with Crippen LogP contribution >= 0.6 is 25.7 Å². The monoisotopic (exact) mass is 226 g/mol. The Bertz CT molecular complexity index is 105. The molecular weight excluding hydrogens is 223 g/mol. The van der Waals surface area contributed by atoms with Crippen LogP contribution in [0.5, 0.6) is 0 Å². The van der Waals surface area contributed by atoms with Crippen molar-refractivity contribution in [1.29, 1.82) is 0 Å². The third kappa shape index (κ3) is 1.25. The Morgan fingerprint density at radius 2 is 2.50 bits per heavy atom. The summed E-state index contributed by atoms with van der Waals surface area (Å²) < 4.78 is 2.29. The van der Waals surface area contributed by atoms with Gasteiger partial charge in [-0.05, 0) is 0 Å². The van der Waals surface area contributed by atoms with Gasteiger partial charge in [-0.15, -0.1) is 0 Å². The maximum atomic E-state index is 3.54. The van der Waals surface area contributed by atoms with Crippen LogP contribution in [0.25, 0.3) is 0 Å². The van der Waals surface area contributed by atoms with Crippen LogP contribution in [0.1, 0.15) is 0 Å². The van der Waals surface area contributed by atoms with E-state index in [1.807, 2.05) is 0 Å². The molecule has 0 saturated heterocycles. The average Bonchev–Trinajstić information content (AvgIpc) is 1.86. The summed E-state index contributed by atoms with van der Waals surface area (Å²) >= 11 is 4.55. The van der Waals surface area contributed by atoms with Crippen molar-refractivity contribution in [2.75, 3.05) is 0 Å². The van der Waals surface area contributed by atoms with Gasteiger partial charge in [0, 0.05) is 0 Å². The summed E-state index contributed by atoms with van der Waals surface area (Å²) in [6.07, 6.45) is 0. The van der Waals surface area contributed by atoms with Crippen molar-refractivity contribution in [1.82, 2.24) is 0 Å². The molecular formula is C3H4AsBrS. The first kappa shape index (κ1) is 5.14. The summed E-state index contributed by atoms with van der Waals surface area (Å²) in [5.74, 6) is 0. The Morgan fingerprint density at radius 1 is 1.67 bits per heavy atom. The summed E-state index contributed by atoms with van der Waals surface area (Å²) in [6, 6.07) is 0. The zero-order valence-electron chi connectivity index (χ0n) is 3.02. The molecule has 0 bridgehead atoms. The first-order valence-corrected chi connectivity index (χ1v) is 9.85. The average molecular weight is 227 g/mol. The molecule has 0 fully saturated rings. The SMILES string of the molecule is Br[AsH]1=CSC=C1. The zero-order chi connectivity index (χ0) is 4.41. The van der Waals surface area contributed by atoms with E-state index >= 15 is 0 Å². The van der Waals surface area contributed by atoms with E-state index in [0.717, 1.165) is 0 Å². The molecule has 1 rings (SSSR count). The van der Waals surface area contributed by atoms with Crippen LogP contribution in [0.2, 0.25) is 0 Å². The van der Waals surface area contributed by atoms with Crippen LogP contribution in [-0.4, -0.2) is 16.5 Å². The fraction of sp³-hybridized carbons (Fsp3) is 0. The van der Waals surface area contributed by atoms with Crippen LogP contribution in [-0.2, 0) is 0 Å². The first-order chi connectivity index (χ1) is 2.89. The van der Waals surface area contributed by atoms with Gasteiger partial charge >= 0.3 is 52.4 Å². The molecule has 34 valence electrons. The van der Waals surface area contributed by atoms with E-state index in [2.05, 4.69) is 28.3 Å². The number of rotatable bonds is 0. The molecule has 0 nitrogen and oxygen atoms in total. The van der Waals surface area contributed by atoms with Gasteiger partial charge in [0.05, 0.1) is 0 Å². The third-order valence-electron chi connectivity index (χ3n) is 0.486. The van der Waals surface area contributed by atoms with Gasteiger partial charge in [-0.1, -0.05) is 0 Å². The van der Waals surface area contributed by atoms with Crippen molar-refractivity contribution in [2.45, 2.75) is 0 Å². The van der Waals surface area contributed by atoms with Crippen molar-refractivity contribution < 1.29 is 0 Å². The summed E-state index contributed by atoms with van der Waals surface area (Å²) in [5, 5.41) is 2.14. The standard InChI is InChI=1S/C3H4AsBrS/c5-4-1-2-6-3-4/h1-4H. The van der Waals surface area contributed by atoms with Gasteiger partial charge in [-0.25, -0.2) is 0 Å². The normalized spacial score (nSPS) is 30.5. The van der Waals surface area contributed by atoms with Gasteiger partial charge in [0.1, 0.15) is 0 Å². The van der Waals surface area contributed by atoms with Crippen LogP contribution in [0.15, 0.2) is 10.3 Å². The van der Waals surface area contributed by atoms with Gasteiger partial charge in [-0.3, -0.25) is 0 Å². The van der Waals surface area contributed by atoms with Crippen molar-refractivity contribution >= 4 is 42.2 Å². The topological polar surface area (TPSA) is 0 Å². The molecule has 0 aromatic heterocycles. The quantitative estimate of drug-likeness (QED) is 0.561. The predicted octanol–water partition coefficient (Wildman–Crippen LogP) is 1.25. The number of hydrogen-bond acceptors (Lipinski definition) is 1. The fourth-order valence-corrected chi connectivity index (χ4v) is 7.23. The van der Waals surface area contributed by atoms with E-state index in [1.54, 1.807) is 11.8 Å². The van der Waals surface area contributed by atoms with Crippen LogP contribution in [0.4, 0.5) is 0 Å². The predicted molar refractivity (Wildman–Crippen MR) is 38.9 cm³/mol. The van der Waals surface area contributed by atoms with E-state index in [1.165, 1.54) is 0 Å². The summed E-state index contributed by atoms with van der Waals surface area (Å²) in [4.78, 5) is 2.27. The van der Waals surface area contributed by atoms with E-state index in [-0.39, 0.29) is 0 Å². The molecule has 1 atom stereocenters. The van der Waals surface area contributed by atoms with Gasteiger partial charge in [0.2, 0.25) is 0 Å². The van der Waals surface area contributed by atoms with E-state index in [9.17, 15) is 0 Å². The summed E-state index contributed by atoms with van der Waals surface area (Å²) in [5.41, 5.74) is 0. The van der Waals surface area contributed by atoms with Gasteiger partial charge < -0.3 is 0 Å². The Hall–Kier alpha value is 0.998. The van der Waals surface area contributed by atoms with Crippen molar-refractivity contribution in [3.63, 3.8) is 0 Å². The second-order valence-corrected chi connectivity index (χ2v) is 10.3. The summed E-state index contributed by atoms with van der Waals surface area (Å²) in [6.45, 7) is 0. The Morgan fingerprint density at radius 3 is 2.67 bits per heavy atom. The minimum absolute atomic E-state index is 0.799. The zero-order valence-corrected chi connectivity index (χ0v) is 7.52. The Balaban J connectivity index is 2.68. The van der Waals surface area contributed by atoms with Crippen LogP contribution < -0.4 is 0 Å². The molecule has 0 aromatic rings. The minimum atomic E-state index is -0.799. The Labute approximate surface area is 52.4 Å². The number of thioether (sulfide) groups is 1.